The number of aliphatic carboxylic acids is 1. The fraction of sp³-hybridized carbons (Fsp3) is 0.308. The van der Waals surface area contributed by atoms with Gasteiger partial charge in [0.25, 0.3) is 0 Å². The molecule has 4 heteroatoms. The van der Waals surface area contributed by atoms with Gasteiger partial charge in [-0.25, -0.2) is 4.79 Å². The highest BCUT2D eigenvalue weighted by molar-refractivity contribution is 5.80. The SMILES string of the molecule is C/C(=C\C(=O)O)Cc1ccc2c(c1)OCCO2. The maximum absolute atomic E-state index is 10.5. The number of ether oxygens (including phenoxy) is 2. The van der Waals surface area contributed by atoms with Gasteiger partial charge in [0.05, 0.1) is 0 Å². The van der Waals surface area contributed by atoms with Gasteiger partial charge in [-0.15, -0.1) is 0 Å². The van der Waals surface area contributed by atoms with E-state index in [0.717, 1.165) is 22.6 Å². The second-order valence-electron chi connectivity index (χ2n) is 3.98. The lowest BCUT2D eigenvalue weighted by Gasteiger charge is -2.18. The molecule has 1 heterocycles. The molecule has 0 unspecified atom stereocenters. The van der Waals surface area contributed by atoms with Gasteiger partial charge >= 0.3 is 5.97 Å². The van der Waals surface area contributed by atoms with Crippen LogP contribution in [0, 0.1) is 0 Å². The van der Waals surface area contributed by atoms with Crippen molar-refractivity contribution in [1.29, 1.82) is 0 Å². The van der Waals surface area contributed by atoms with E-state index in [1.54, 1.807) is 6.92 Å². The summed E-state index contributed by atoms with van der Waals surface area (Å²) in [6.07, 6.45) is 1.82. The Morgan fingerprint density at radius 1 is 1.35 bits per heavy atom. The zero-order valence-electron chi connectivity index (χ0n) is 9.60. The molecule has 1 N–H and O–H groups in total. The standard InChI is InChI=1S/C13H14O4/c1-9(7-13(14)15)6-10-2-3-11-12(8-10)17-5-4-16-11/h2-3,7-8H,4-6H2,1H3,(H,14,15)/b9-7+. The number of allylic oxidation sites excluding steroid dienone is 1. The van der Waals surface area contributed by atoms with Crippen molar-refractivity contribution in [3.05, 3.63) is 35.4 Å². The first-order valence-corrected chi connectivity index (χ1v) is 5.44. The average Bonchev–Trinajstić information content (AvgIpc) is 2.27. The molecule has 0 bridgehead atoms. The molecule has 0 spiro atoms. The van der Waals surface area contributed by atoms with E-state index in [1.807, 2.05) is 18.2 Å². The summed E-state index contributed by atoms with van der Waals surface area (Å²) in [5.74, 6) is 0.566. The van der Waals surface area contributed by atoms with Crippen molar-refractivity contribution in [2.45, 2.75) is 13.3 Å². The van der Waals surface area contributed by atoms with E-state index < -0.39 is 5.97 Å². The molecule has 17 heavy (non-hydrogen) atoms. The molecule has 0 saturated heterocycles. The third kappa shape index (κ3) is 3.00. The van der Waals surface area contributed by atoms with Gasteiger partial charge in [0.15, 0.2) is 11.5 Å². The highest BCUT2D eigenvalue weighted by Crippen LogP contribution is 2.31. The molecule has 90 valence electrons. The molecule has 0 amide bonds. The Morgan fingerprint density at radius 3 is 2.76 bits per heavy atom. The summed E-state index contributed by atoms with van der Waals surface area (Å²) < 4.78 is 10.9. The summed E-state index contributed by atoms with van der Waals surface area (Å²) in [5.41, 5.74) is 1.82. The first-order valence-electron chi connectivity index (χ1n) is 5.44. The number of hydrogen-bond donors (Lipinski definition) is 1. The highest BCUT2D eigenvalue weighted by atomic mass is 16.6. The van der Waals surface area contributed by atoms with Crippen molar-refractivity contribution in [2.24, 2.45) is 0 Å². The number of fused-ring (bicyclic) bond motifs is 1. The van der Waals surface area contributed by atoms with Crippen LogP contribution in [0.25, 0.3) is 0 Å². The van der Waals surface area contributed by atoms with Crippen LogP contribution in [0.3, 0.4) is 0 Å². The van der Waals surface area contributed by atoms with E-state index in [9.17, 15) is 4.79 Å². The molecule has 0 atom stereocenters. The zero-order chi connectivity index (χ0) is 12.3. The number of benzene rings is 1. The zero-order valence-corrected chi connectivity index (χ0v) is 9.60. The van der Waals surface area contributed by atoms with E-state index in [-0.39, 0.29) is 0 Å². The van der Waals surface area contributed by atoms with Gasteiger partial charge in [0.1, 0.15) is 13.2 Å². The van der Waals surface area contributed by atoms with Crippen LogP contribution in [-0.2, 0) is 11.2 Å². The monoisotopic (exact) mass is 234 g/mol. The number of carboxylic acid groups (broad SMARTS) is 1. The third-order valence-electron chi connectivity index (χ3n) is 2.46. The predicted octanol–water partition coefficient (Wildman–Crippen LogP) is 2.03. The van der Waals surface area contributed by atoms with Crippen molar-refractivity contribution in [1.82, 2.24) is 0 Å². The van der Waals surface area contributed by atoms with E-state index in [0.29, 0.717) is 19.6 Å². The molecule has 1 aliphatic rings. The molecule has 1 aromatic carbocycles. The largest absolute Gasteiger partial charge is 0.486 e. The van der Waals surface area contributed by atoms with Crippen molar-refractivity contribution in [2.75, 3.05) is 13.2 Å². The van der Waals surface area contributed by atoms with Crippen LogP contribution in [0.1, 0.15) is 12.5 Å². The molecule has 0 radical (unpaired) electrons. The summed E-state index contributed by atoms with van der Waals surface area (Å²) in [6, 6.07) is 5.68. The minimum absolute atomic E-state index is 0.556. The maximum atomic E-state index is 10.5. The minimum Gasteiger partial charge on any atom is -0.486 e. The molecule has 0 saturated carbocycles. The Labute approximate surface area is 99.5 Å². The molecule has 2 rings (SSSR count). The summed E-state index contributed by atoms with van der Waals surface area (Å²) in [5, 5.41) is 8.63. The average molecular weight is 234 g/mol. The Kier molecular flexibility index (Phi) is 3.32. The molecular weight excluding hydrogens is 220 g/mol. The van der Waals surface area contributed by atoms with Crippen LogP contribution in [0.2, 0.25) is 0 Å². The van der Waals surface area contributed by atoms with E-state index in [1.165, 1.54) is 6.08 Å². The second kappa shape index (κ2) is 4.91. The van der Waals surface area contributed by atoms with Crippen molar-refractivity contribution >= 4 is 5.97 Å². The fourth-order valence-electron chi connectivity index (χ4n) is 1.78. The van der Waals surface area contributed by atoms with Crippen molar-refractivity contribution in [3.8, 4) is 11.5 Å². The van der Waals surface area contributed by atoms with Gasteiger partial charge in [-0.1, -0.05) is 11.6 Å². The normalized spacial score (nSPS) is 14.5. The lowest BCUT2D eigenvalue weighted by molar-refractivity contribution is -0.131. The Hall–Kier alpha value is -1.97. The van der Waals surface area contributed by atoms with Crippen LogP contribution in [-0.4, -0.2) is 24.3 Å². The first kappa shape index (κ1) is 11.5. The van der Waals surface area contributed by atoms with Gasteiger partial charge in [-0.2, -0.15) is 0 Å². The molecule has 1 aliphatic heterocycles. The van der Waals surface area contributed by atoms with E-state index >= 15 is 0 Å². The van der Waals surface area contributed by atoms with E-state index in [4.69, 9.17) is 14.6 Å². The number of hydrogen-bond acceptors (Lipinski definition) is 3. The van der Waals surface area contributed by atoms with Crippen LogP contribution in [0.15, 0.2) is 29.8 Å². The van der Waals surface area contributed by atoms with Crippen molar-refractivity contribution in [3.63, 3.8) is 0 Å². The van der Waals surface area contributed by atoms with Crippen LogP contribution < -0.4 is 9.47 Å². The molecule has 0 aromatic heterocycles. The van der Waals surface area contributed by atoms with Gasteiger partial charge in [-0.05, 0) is 31.0 Å². The number of rotatable bonds is 3. The molecule has 4 nitrogen and oxygen atoms in total. The van der Waals surface area contributed by atoms with Crippen LogP contribution >= 0.6 is 0 Å². The fourth-order valence-corrected chi connectivity index (χ4v) is 1.78. The van der Waals surface area contributed by atoms with Crippen LogP contribution in [0.4, 0.5) is 0 Å². The number of carbonyl (C=O) groups is 1. The summed E-state index contributed by atoms with van der Waals surface area (Å²) in [7, 11) is 0. The first-order chi connectivity index (χ1) is 8.15. The Balaban J connectivity index is 2.14. The van der Waals surface area contributed by atoms with Gasteiger partial charge in [0.2, 0.25) is 0 Å². The van der Waals surface area contributed by atoms with Gasteiger partial charge in [0, 0.05) is 6.08 Å². The number of carboxylic acids is 1. The van der Waals surface area contributed by atoms with Crippen molar-refractivity contribution < 1.29 is 19.4 Å². The quantitative estimate of drug-likeness (QED) is 0.813. The molecule has 0 fully saturated rings. The predicted molar refractivity (Wildman–Crippen MR) is 62.5 cm³/mol. The lowest BCUT2D eigenvalue weighted by Crippen LogP contribution is -2.15. The molecular formula is C13H14O4. The molecule has 0 aliphatic carbocycles. The highest BCUT2D eigenvalue weighted by Gasteiger charge is 2.11. The topological polar surface area (TPSA) is 55.8 Å². The van der Waals surface area contributed by atoms with Gasteiger partial charge < -0.3 is 14.6 Å². The Morgan fingerprint density at radius 2 is 2.06 bits per heavy atom. The van der Waals surface area contributed by atoms with Crippen LogP contribution in [0.5, 0.6) is 11.5 Å². The summed E-state index contributed by atoms with van der Waals surface area (Å²) in [4.78, 5) is 10.5. The maximum Gasteiger partial charge on any atom is 0.328 e. The summed E-state index contributed by atoms with van der Waals surface area (Å²) >= 11 is 0. The van der Waals surface area contributed by atoms with Gasteiger partial charge in [-0.3, -0.25) is 0 Å². The van der Waals surface area contributed by atoms with E-state index in [2.05, 4.69) is 0 Å². The minimum atomic E-state index is -0.917. The lowest BCUT2D eigenvalue weighted by atomic mass is 10.1. The second-order valence-corrected chi connectivity index (χ2v) is 3.98. The smallest absolute Gasteiger partial charge is 0.328 e. The third-order valence-corrected chi connectivity index (χ3v) is 2.46. The Bertz CT molecular complexity index is 462. The molecule has 1 aromatic rings. The summed E-state index contributed by atoms with van der Waals surface area (Å²) in [6.45, 7) is 2.93.